The summed E-state index contributed by atoms with van der Waals surface area (Å²) in [4.78, 5) is 21.9. The highest BCUT2D eigenvalue weighted by Crippen LogP contribution is 2.58. The van der Waals surface area contributed by atoms with Crippen molar-refractivity contribution in [3.63, 3.8) is 0 Å². The second-order valence-electron chi connectivity index (χ2n) is 10.4. The molecule has 4 bridgehead atoms. The molecule has 6 aliphatic rings. The molecular formula is C23H28N4O3. The van der Waals surface area contributed by atoms with E-state index >= 15 is 0 Å². The number of nitrogens with zero attached hydrogens (tertiary/aromatic N) is 4. The van der Waals surface area contributed by atoms with Gasteiger partial charge in [0.1, 0.15) is 12.7 Å². The van der Waals surface area contributed by atoms with E-state index in [2.05, 4.69) is 16.0 Å². The minimum absolute atomic E-state index is 0.161. The topological polar surface area (TPSA) is 89.7 Å². The van der Waals surface area contributed by atoms with E-state index in [9.17, 15) is 9.90 Å². The molecule has 3 atom stereocenters. The quantitative estimate of drug-likeness (QED) is 0.827. The van der Waals surface area contributed by atoms with Crippen LogP contribution in [0.25, 0.3) is 0 Å². The molecule has 4 aliphatic carbocycles. The lowest BCUT2D eigenvalue weighted by Gasteiger charge is -2.59. The van der Waals surface area contributed by atoms with Gasteiger partial charge in [-0.25, -0.2) is 9.78 Å². The summed E-state index contributed by atoms with van der Waals surface area (Å²) in [7, 11) is 0. The zero-order valence-electron chi connectivity index (χ0n) is 17.2. The number of aromatic nitrogens is 1. The molecule has 7 rings (SSSR count). The molecule has 4 saturated carbocycles. The molecule has 1 aromatic heterocycles. The normalized spacial score (nSPS) is 41.3. The van der Waals surface area contributed by atoms with E-state index in [1.165, 1.54) is 6.20 Å². The number of carbonyl (C=O) groups excluding carboxylic acids is 1. The molecule has 0 spiro atoms. The molecule has 1 N–H and O–H groups in total. The highest BCUT2D eigenvalue weighted by Gasteiger charge is 2.61. The fourth-order valence-electron chi connectivity index (χ4n) is 7.57. The van der Waals surface area contributed by atoms with Gasteiger partial charge in [-0.15, -0.1) is 0 Å². The predicted molar refractivity (Wildman–Crippen MR) is 108 cm³/mol. The molecule has 158 valence electrons. The highest BCUT2D eigenvalue weighted by atomic mass is 16.5. The van der Waals surface area contributed by atoms with E-state index in [1.807, 2.05) is 4.90 Å². The van der Waals surface area contributed by atoms with Gasteiger partial charge in [-0.3, -0.25) is 0 Å². The molecule has 7 heteroatoms. The number of aliphatic hydroxyl groups is 1. The van der Waals surface area contributed by atoms with Crippen LogP contribution < -0.4 is 4.74 Å². The van der Waals surface area contributed by atoms with Gasteiger partial charge in [-0.1, -0.05) is 0 Å². The maximum absolute atomic E-state index is 13.5. The van der Waals surface area contributed by atoms with Gasteiger partial charge >= 0.3 is 6.03 Å². The molecule has 6 fully saturated rings. The summed E-state index contributed by atoms with van der Waals surface area (Å²) in [5.74, 6) is 2.01. The summed E-state index contributed by atoms with van der Waals surface area (Å²) in [6.45, 7) is 1.93. The monoisotopic (exact) mass is 408 g/mol. The average Bonchev–Trinajstić information content (AvgIpc) is 3.24. The first kappa shape index (κ1) is 18.4. The first-order chi connectivity index (χ1) is 14.5. The lowest BCUT2D eigenvalue weighted by Crippen LogP contribution is -2.62. The molecule has 2 amide bonds. The van der Waals surface area contributed by atoms with E-state index < -0.39 is 5.60 Å². The predicted octanol–water partition coefficient (Wildman–Crippen LogP) is 2.54. The van der Waals surface area contributed by atoms with Crippen molar-refractivity contribution >= 4 is 6.03 Å². The number of carbonyl (C=O) groups is 1. The standard InChI is InChI=1S/C23H28N4O3/c24-11-15-2-3-19(25-12-15)30-14-22-4-1-5-27(22)21(28)26(13-22)20-17-6-16-7-18(20)10-23(29,8-16)9-17/h2-3,12,16-18,20,29H,1,4-10,13-14H2. The number of rotatable bonds is 4. The number of pyridine rings is 1. The number of ether oxygens (including phenoxy) is 1. The minimum Gasteiger partial charge on any atom is -0.475 e. The fourth-order valence-corrected chi connectivity index (χ4v) is 7.57. The Morgan fingerprint density at radius 1 is 1.27 bits per heavy atom. The molecule has 0 radical (unpaired) electrons. The van der Waals surface area contributed by atoms with Gasteiger partial charge in [0.2, 0.25) is 5.88 Å². The van der Waals surface area contributed by atoms with Crippen molar-refractivity contribution < 1.29 is 14.6 Å². The van der Waals surface area contributed by atoms with Crippen molar-refractivity contribution in [1.29, 1.82) is 5.26 Å². The molecule has 2 saturated heterocycles. The smallest absolute Gasteiger partial charge is 0.321 e. The van der Waals surface area contributed by atoms with E-state index in [4.69, 9.17) is 10.00 Å². The largest absolute Gasteiger partial charge is 0.475 e. The van der Waals surface area contributed by atoms with E-state index in [0.29, 0.717) is 42.3 Å². The van der Waals surface area contributed by atoms with E-state index in [1.54, 1.807) is 12.1 Å². The Morgan fingerprint density at radius 2 is 2.07 bits per heavy atom. The number of fused-ring (bicyclic) bond motifs is 1. The Kier molecular flexibility index (Phi) is 3.89. The number of hydrogen-bond donors (Lipinski definition) is 1. The van der Waals surface area contributed by atoms with Crippen molar-refractivity contribution in [2.75, 3.05) is 19.7 Å². The molecule has 1 aromatic rings. The lowest BCUT2D eigenvalue weighted by molar-refractivity contribution is -0.153. The van der Waals surface area contributed by atoms with Crippen molar-refractivity contribution in [2.45, 2.75) is 62.1 Å². The fraction of sp³-hybridized carbons (Fsp3) is 0.696. The lowest BCUT2D eigenvalue weighted by atomic mass is 9.52. The van der Waals surface area contributed by atoms with Gasteiger partial charge in [0, 0.05) is 31.4 Å². The zero-order valence-corrected chi connectivity index (χ0v) is 17.2. The molecule has 30 heavy (non-hydrogen) atoms. The van der Waals surface area contributed by atoms with E-state index in [0.717, 1.165) is 51.5 Å². The zero-order chi connectivity index (χ0) is 20.5. The van der Waals surface area contributed by atoms with Crippen LogP contribution in [0.4, 0.5) is 4.79 Å². The Bertz CT molecular complexity index is 896. The van der Waals surface area contributed by atoms with Gasteiger partial charge in [0.05, 0.1) is 16.7 Å². The average molecular weight is 409 g/mol. The second kappa shape index (κ2) is 6.34. The number of urea groups is 1. The van der Waals surface area contributed by atoms with Crippen molar-refractivity contribution in [1.82, 2.24) is 14.8 Å². The molecular weight excluding hydrogens is 380 g/mol. The maximum Gasteiger partial charge on any atom is 0.321 e. The molecule has 3 unspecified atom stereocenters. The van der Waals surface area contributed by atoms with Crippen LogP contribution in [0.15, 0.2) is 18.3 Å². The van der Waals surface area contributed by atoms with Crippen LogP contribution in [-0.4, -0.2) is 62.8 Å². The Hall–Kier alpha value is -2.33. The van der Waals surface area contributed by atoms with Crippen LogP contribution in [-0.2, 0) is 0 Å². The third-order valence-corrected chi connectivity index (χ3v) is 8.44. The van der Waals surface area contributed by atoms with E-state index in [-0.39, 0.29) is 17.6 Å². The van der Waals surface area contributed by atoms with Gasteiger partial charge < -0.3 is 19.6 Å². The van der Waals surface area contributed by atoms with Crippen LogP contribution in [0, 0.1) is 29.1 Å². The third kappa shape index (κ3) is 2.66. The highest BCUT2D eigenvalue weighted by molar-refractivity contribution is 5.79. The molecule has 3 heterocycles. The van der Waals surface area contributed by atoms with Gasteiger partial charge in [0.15, 0.2) is 0 Å². The first-order valence-corrected chi connectivity index (χ1v) is 11.3. The first-order valence-electron chi connectivity index (χ1n) is 11.3. The molecule has 7 nitrogen and oxygen atoms in total. The summed E-state index contributed by atoms with van der Waals surface area (Å²) in [5, 5.41) is 19.9. The van der Waals surface area contributed by atoms with Gasteiger partial charge in [0.25, 0.3) is 0 Å². The summed E-state index contributed by atoms with van der Waals surface area (Å²) in [6.07, 6.45) is 8.45. The SMILES string of the molecule is N#Cc1ccc(OCC23CCCN2C(=O)N(C2C4CC5CC2CC(O)(C5)C4)C3)nc1. The van der Waals surface area contributed by atoms with Gasteiger partial charge in [-0.2, -0.15) is 5.26 Å². The summed E-state index contributed by atoms with van der Waals surface area (Å²) in [6, 6.07) is 5.93. The molecule has 2 aliphatic heterocycles. The van der Waals surface area contributed by atoms with Crippen LogP contribution >= 0.6 is 0 Å². The third-order valence-electron chi connectivity index (χ3n) is 8.44. The van der Waals surface area contributed by atoms with Crippen molar-refractivity contribution in [3.8, 4) is 11.9 Å². The summed E-state index contributed by atoms with van der Waals surface area (Å²) >= 11 is 0. The Balaban J connectivity index is 1.22. The second-order valence-corrected chi connectivity index (χ2v) is 10.4. The number of nitriles is 1. The van der Waals surface area contributed by atoms with Gasteiger partial charge in [-0.05, 0) is 68.8 Å². The van der Waals surface area contributed by atoms with Crippen molar-refractivity contribution in [2.24, 2.45) is 17.8 Å². The number of hydrogen-bond acceptors (Lipinski definition) is 5. The Labute approximate surface area is 176 Å². The van der Waals surface area contributed by atoms with Crippen LogP contribution in [0.5, 0.6) is 5.88 Å². The van der Waals surface area contributed by atoms with Crippen molar-refractivity contribution in [3.05, 3.63) is 23.9 Å². The van der Waals surface area contributed by atoms with Crippen LogP contribution in [0.3, 0.4) is 0 Å². The Morgan fingerprint density at radius 3 is 2.73 bits per heavy atom. The molecule has 0 aromatic carbocycles. The summed E-state index contributed by atoms with van der Waals surface area (Å²) < 4.78 is 6.03. The maximum atomic E-state index is 13.5. The van der Waals surface area contributed by atoms with Crippen LogP contribution in [0.2, 0.25) is 0 Å². The summed E-state index contributed by atoms with van der Waals surface area (Å²) in [5.41, 5.74) is -0.263. The van der Waals surface area contributed by atoms with Crippen LogP contribution in [0.1, 0.15) is 50.5 Å². The minimum atomic E-state index is -0.478. The number of amides is 2.